The van der Waals surface area contributed by atoms with Crippen molar-refractivity contribution in [2.75, 3.05) is 11.5 Å². The zero-order chi connectivity index (χ0) is 12.8. The van der Waals surface area contributed by atoms with Gasteiger partial charge in [-0.05, 0) is 25.2 Å². The molecular weight excluding hydrogens is 252 g/mol. The molecule has 0 saturated carbocycles. The van der Waals surface area contributed by atoms with E-state index in [4.69, 9.17) is 0 Å². The number of rotatable bonds is 2. The van der Waals surface area contributed by atoms with E-state index in [1.807, 2.05) is 6.20 Å². The third kappa shape index (κ3) is 2.44. The Morgan fingerprint density at radius 2 is 2.28 bits per heavy atom. The number of aryl methyl sites for hydroxylation is 1. The van der Waals surface area contributed by atoms with Crippen LogP contribution in [0.4, 0.5) is 0 Å². The Bertz CT molecular complexity index is 550. The lowest BCUT2D eigenvalue weighted by Gasteiger charge is -2.18. The number of aliphatic hydroxyl groups is 1. The van der Waals surface area contributed by atoms with Gasteiger partial charge in [-0.3, -0.25) is 0 Å². The van der Waals surface area contributed by atoms with E-state index in [0.29, 0.717) is 17.9 Å². The molecule has 2 unspecified atom stereocenters. The second kappa shape index (κ2) is 4.35. The van der Waals surface area contributed by atoms with Crippen molar-refractivity contribution in [2.45, 2.75) is 38.3 Å². The minimum absolute atomic E-state index is 0.219. The molecule has 0 aromatic carbocycles. The van der Waals surface area contributed by atoms with Crippen molar-refractivity contribution in [3.05, 3.63) is 17.7 Å². The predicted octanol–water partition coefficient (Wildman–Crippen LogP) is 0.167. The second-order valence-corrected chi connectivity index (χ2v) is 7.69. The summed E-state index contributed by atoms with van der Waals surface area (Å²) in [6, 6.07) is 0. The molecule has 1 aromatic rings. The number of hydrogen-bond acceptors (Lipinski definition) is 4. The maximum Gasteiger partial charge on any atom is 0.150 e. The minimum atomic E-state index is -2.80. The lowest BCUT2D eigenvalue weighted by molar-refractivity contribution is 0.141. The fourth-order valence-electron chi connectivity index (χ4n) is 2.90. The first-order valence-corrected chi connectivity index (χ1v) is 8.27. The topological polar surface area (TPSA) is 72.2 Å². The zero-order valence-corrected chi connectivity index (χ0v) is 11.1. The summed E-state index contributed by atoms with van der Waals surface area (Å²) >= 11 is 0. The summed E-state index contributed by atoms with van der Waals surface area (Å²) < 4.78 is 24.9. The van der Waals surface area contributed by atoms with Gasteiger partial charge in [-0.25, -0.2) is 13.4 Å². The van der Waals surface area contributed by atoms with Crippen molar-refractivity contribution in [1.29, 1.82) is 0 Å². The van der Waals surface area contributed by atoms with E-state index in [9.17, 15) is 13.5 Å². The third-order valence-corrected chi connectivity index (χ3v) is 5.69. The molecule has 2 aliphatic heterocycles. The highest BCUT2D eigenvalue weighted by Crippen LogP contribution is 2.23. The molecule has 2 aliphatic rings. The van der Waals surface area contributed by atoms with Crippen LogP contribution in [0.25, 0.3) is 0 Å². The van der Waals surface area contributed by atoms with Gasteiger partial charge in [0.2, 0.25) is 0 Å². The van der Waals surface area contributed by atoms with Crippen molar-refractivity contribution < 1.29 is 13.5 Å². The van der Waals surface area contributed by atoms with Gasteiger partial charge in [0.25, 0.3) is 0 Å². The largest absolute Gasteiger partial charge is 0.393 e. The first kappa shape index (κ1) is 12.2. The van der Waals surface area contributed by atoms with Gasteiger partial charge in [0, 0.05) is 19.2 Å². The number of imidazole rings is 1. The Morgan fingerprint density at radius 1 is 1.44 bits per heavy atom. The molecule has 1 N–H and O–H groups in total. The van der Waals surface area contributed by atoms with Gasteiger partial charge in [0.15, 0.2) is 9.84 Å². The van der Waals surface area contributed by atoms with Gasteiger partial charge in [-0.15, -0.1) is 0 Å². The van der Waals surface area contributed by atoms with Crippen LogP contribution in [0.3, 0.4) is 0 Å². The fourth-order valence-corrected chi connectivity index (χ4v) is 4.76. The number of sulfone groups is 1. The molecule has 0 bridgehead atoms. The van der Waals surface area contributed by atoms with E-state index >= 15 is 0 Å². The van der Waals surface area contributed by atoms with E-state index in [-0.39, 0.29) is 12.0 Å². The first-order valence-electron chi connectivity index (χ1n) is 6.45. The number of aliphatic hydroxyl groups excluding tert-OH is 1. The number of nitrogens with zero attached hydrogens (tertiary/aromatic N) is 2. The number of hydrogen-bond donors (Lipinski definition) is 1. The zero-order valence-electron chi connectivity index (χ0n) is 10.2. The minimum Gasteiger partial charge on any atom is -0.393 e. The summed E-state index contributed by atoms with van der Waals surface area (Å²) in [5.41, 5.74) is 0.973. The molecule has 5 nitrogen and oxygen atoms in total. The lowest BCUT2D eigenvalue weighted by atomic mass is 10.0. The molecule has 18 heavy (non-hydrogen) atoms. The van der Waals surface area contributed by atoms with Crippen LogP contribution in [0.5, 0.6) is 0 Å². The monoisotopic (exact) mass is 270 g/mol. The molecular formula is C12H18N2O3S. The van der Waals surface area contributed by atoms with Crippen LogP contribution in [0.15, 0.2) is 6.20 Å². The average Bonchev–Trinajstić information content (AvgIpc) is 2.81. The Morgan fingerprint density at radius 3 is 3.00 bits per heavy atom. The van der Waals surface area contributed by atoms with E-state index in [0.717, 1.165) is 37.3 Å². The van der Waals surface area contributed by atoms with Crippen LogP contribution < -0.4 is 0 Å². The SMILES string of the molecule is O=S1(=O)CCC(Cc2cn3c(n2)CC(O)CC3)C1. The van der Waals surface area contributed by atoms with Gasteiger partial charge in [-0.1, -0.05) is 0 Å². The van der Waals surface area contributed by atoms with Crippen LogP contribution >= 0.6 is 0 Å². The standard InChI is InChI=1S/C12H18N2O3S/c15-11-1-3-14-7-10(13-12(14)6-11)5-9-2-4-18(16,17)8-9/h7,9,11,15H,1-6,8H2. The maximum atomic E-state index is 11.4. The Balaban J connectivity index is 1.71. The molecule has 0 aliphatic carbocycles. The first-order chi connectivity index (χ1) is 8.52. The van der Waals surface area contributed by atoms with Gasteiger partial charge in [-0.2, -0.15) is 0 Å². The Kier molecular flexibility index (Phi) is 2.94. The van der Waals surface area contributed by atoms with E-state index in [1.54, 1.807) is 0 Å². The molecule has 3 heterocycles. The van der Waals surface area contributed by atoms with Gasteiger partial charge in [0.05, 0.1) is 23.3 Å². The van der Waals surface area contributed by atoms with E-state index < -0.39 is 9.84 Å². The van der Waals surface area contributed by atoms with Crippen LogP contribution in [0.1, 0.15) is 24.4 Å². The molecule has 0 amide bonds. The normalized spacial score (nSPS) is 30.3. The molecule has 3 rings (SSSR count). The molecule has 1 saturated heterocycles. The molecule has 6 heteroatoms. The molecule has 2 atom stereocenters. The van der Waals surface area contributed by atoms with Crippen molar-refractivity contribution in [3.63, 3.8) is 0 Å². The molecule has 100 valence electrons. The van der Waals surface area contributed by atoms with Crippen LogP contribution in [-0.2, 0) is 29.2 Å². The quantitative estimate of drug-likeness (QED) is 0.831. The smallest absolute Gasteiger partial charge is 0.150 e. The van der Waals surface area contributed by atoms with E-state index in [2.05, 4.69) is 9.55 Å². The third-order valence-electron chi connectivity index (χ3n) is 3.86. The number of aromatic nitrogens is 2. The summed E-state index contributed by atoms with van der Waals surface area (Å²) in [5, 5.41) is 9.59. The summed E-state index contributed by atoms with van der Waals surface area (Å²) in [6.45, 7) is 0.812. The van der Waals surface area contributed by atoms with Crippen LogP contribution in [0.2, 0.25) is 0 Å². The predicted molar refractivity (Wildman–Crippen MR) is 67.0 cm³/mol. The van der Waals surface area contributed by atoms with Gasteiger partial charge in [0.1, 0.15) is 5.82 Å². The Hall–Kier alpha value is -0.880. The highest BCUT2D eigenvalue weighted by Gasteiger charge is 2.29. The highest BCUT2D eigenvalue weighted by atomic mass is 32.2. The fraction of sp³-hybridized carbons (Fsp3) is 0.750. The van der Waals surface area contributed by atoms with E-state index in [1.165, 1.54) is 0 Å². The maximum absolute atomic E-state index is 11.4. The average molecular weight is 270 g/mol. The molecule has 0 radical (unpaired) electrons. The van der Waals surface area contributed by atoms with Crippen molar-refractivity contribution in [2.24, 2.45) is 5.92 Å². The summed E-state index contributed by atoms with van der Waals surface area (Å²) in [7, 11) is -2.80. The van der Waals surface area contributed by atoms with Crippen LogP contribution in [0, 0.1) is 5.92 Å². The highest BCUT2D eigenvalue weighted by molar-refractivity contribution is 7.91. The van der Waals surface area contributed by atoms with Crippen molar-refractivity contribution >= 4 is 9.84 Å². The lowest BCUT2D eigenvalue weighted by Crippen LogP contribution is -2.22. The van der Waals surface area contributed by atoms with Crippen LogP contribution in [-0.4, -0.2) is 40.7 Å². The summed E-state index contributed by atoms with van der Waals surface area (Å²) in [4.78, 5) is 4.52. The van der Waals surface area contributed by atoms with Crippen molar-refractivity contribution in [3.8, 4) is 0 Å². The Labute approximate surface area is 107 Å². The summed E-state index contributed by atoms with van der Waals surface area (Å²) in [5.74, 6) is 1.78. The van der Waals surface area contributed by atoms with Gasteiger partial charge >= 0.3 is 0 Å². The summed E-state index contributed by atoms with van der Waals surface area (Å²) in [6.07, 6.45) is 4.64. The second-order valence-electron chi connectivity index (χ2n) is 5.46. The molecule has 1 aromatic heterocycles. The van der Waals surface area contributed by atoms with Crippen molar-refractivity contribution in [1.82, 2.24) is 9.55 Å². The molecule has 0 spiro atoms. The molecule has 1 fully saturated rings. The number of fused-ring (bicyclic) bond motifs is 1. The van der Waals surface area contributed by atoms with Gasteiger partial charge < -0.3 is 9.67 Å².